The lowest BCUT2D eigenvalue weighted by molar-refractivity contribution is -0.212. The van der Waals surface area contributed by atoms with Gasteiger partial charge in [-0.15, -0.1) is 0 Å². The van der Waals surface area contributed by atoms with Crippen LogP contribution in [0.15, 0.2) is 48.5 Å². The Morgan fingerprint density at radius 1 is 0.955 bits per heavy atom. The minimum absolute atomic E-state index is 0.0413. The van der Waals surface area contributed by atoms with Crippen LogP contribution in [0.5, 0.6) is 0 Å². The molecule has 1 atom stereocenters. The summed E-state index contributed by atoms with van der Waals surface area (Å²) in [7, 11) is 0. The number of amides is 1. The van der Waals surface area contributed by atoms with E-state index in [4.69, 9.17) is 0 Å². The van der Waals surface area contributed by atoms with E-state index in [1.807, 2.05) is 0 Å². The van der Waals surface area contributed by atoms with Gasteiger partial charge in [0.25, 0.3) is 5.91 Å². The first-order valence-electron chi connectivity index (χ1n) is 7.04. The fourth-order valence-electron chi connectivity index (χ4n) is 3.77. The quantitative estimate of drug-likeness (QED) is 0.729. The van der Waals surface area contributed by atoms with Crippen LogP contribution in [-0.4, -0.2) is 23.5 Å². The summed E-state index contributed by atoms with van der Waals surface area (Å²) < 4.78 is 42.7. The minimum atomic E-state index is -4.58. The second kappa shape index (κ2) is 4.12. The highest BCUT2D eigenvalue weighted by Gasteiger charge is 2.67. The van der Waals surface area contributed by atoms with Crippen molar-refractivity contribution in [2.75, 3.05) is 6.54 Å². The number of hydrogen-bond acceptors (Lipinski definition) is 1. The van der Waals surface area contributed by atoms with Crippen molar-refractivity contribution in [3.8, 4) is 0 Å². The van der Waals surface area contributed by atoms with Crippen LogP contribution in [0.4, 0.5) is 13.2 Å². The van der Waals surface area contributed by atoms with Gasteiger partial charge in [0.15, 0.2) is 5.54 Å². The maximum atomic E-state index is 14.2. The van der Waals surface area contributed by atoms with Gasteiger partial charge in [-0.2, -0.15) is 13.2 Å². The van der Waals surface area contributed by atoms with Crippen LogP contribution in [0.3, 0.4) is 0 Å². The molecule has 0 fully saturated rings. The summed E-state index contributed by atoms with van der Waals surface area (Å²) in [5.74, 6) is -0.539. The molecule has 0 aliphatic carbocycles. The van der Waals surface area contributed by atoms with Crippen LogP contribution in [0, 0.1) is 0 Å². The van der Waals surface area contributed by atoms with Crippen molar-refractivity contribution >= 4 is 5.91 Å². The lowest BCUT2D eigenvalue weighted by Crippen LogP contribution is -2.58. The average molecular weight is 303 g/mol. The zero-order chi connectivity index (χ0) is 15.5. The fraction of sp³-hybridized carbons (Fsp3) is 0.235. The summed E-state index contributed by atoms with van der Waals surface area (Å²) in [6.07, 6.45) is -4.14. The van der Waals surface area contributed by atoms with Gasteiger partial charge in [-0.3, -0.25) is 4.79 Å². The molecule has 2 aliphatic heterocycles. The lowest BCUT2D eigenvalue weighted by atomic mass is 9.77. The van der Waals surface area contributed by atoms with E-state index in [-0.39, 0.29) is 23.2 Å². The van der Waals surface area contributed by atoms with Gasteiger partial charge in [0.1, 0.15) is 0 Å². The summed E-state index contributed by atoms with van der Waals surface area (Å²) >= 11 is 0. The molecule has 0 spiro atoms. The van der Waals surface area contributed by atoms with Crippen molar-refractivity contribution < 1.29 is 18.0 Å². The molecule has 0 saturated carbocycles. The standard InChI is InChI=1S/C17H12F3NO/c18-17(19,20)16-13-7-3-1-5-11(13)9-10-21(16)15(22)12-6-2-4-8-14(12)16/h1-8H,9-10H2. The highest BCUT2D eigenvalue weighted by Crippen LogP contribution is 2.56. The van der Waals surface area contributed by atoms with E-state index in [1.165, 1.54) is 18.2 Å². The van der Waals surface area contributed by atoms with E-state index in [0.29, 0.717) is 12.0 Å². The third kappa shape index (κ3) is 1.39. The number of fused-ring (bicyclic) bond motifs is 5. The molecule has 5 heteroatoms. The highest BCUT2D eigenvalue weighted by molar-refractivity contribution is 6.01. The predicted octanol–water partition coefficient (Wildman–Crippen LogP) is 3.50. The first-order valence-corrected chi connectivity index (χ1v) is 7.04. The summed E-state index contributed by atoms with van der Waals surface area (Å²) in [6, 6.07) is 12.6. The Hall–Kier alpha value is -2.30. The molecule has 1 unspecified atom stereocenters. The second-order valence-electron chi connectivity index (χ2n) is 5.62. The SMILES string of the molecule is O=C1c2ccccc2C2(C(F)(F)F)c3ccccc3CCN12. The predicted molar refractivity (Wildman–Crippen MR) is 74.5 cm³/mol. The van der Waals surface area contributed by atoms with Gasteiger partial charge in [0, 0.05) is 17.7 Å². The number of alkyl halides is 3. The Morgan fingerprint density at radius 2 is 1.59 bits per heavy atom. The Balaban J connectivity index is 2.14. The Kier molecular flexibility index (Phi) is 2.50. The molecule has 22 heavy (non-hydrogen) atoms. The number of hydrogen-bond donors (Lipinski definition) is 0. The van der Waals surface area contributed by atoms with Crippen molar-refractivity contribution in [1.29, 1.82) is 0 Å². The molecule has 112 valence electrons. The monoisotopic (exact) mass is 303 g/mol. The maximum Gasteiger partial charge on any atom is 0.420 e. The van der Waals surface area contributed by atoms with E-state index in [0.717, 1.165) is 4.90 Å². The van der Waals surface area contributed by atoms with E-state index < -0.39 is 17.6 Å². The number of nitrogens with zero attached hydrogens (tertiary/aromatic N) is 1. The number of carbonyl (C=O) groups is 1. The van der Waals surface area contributed by atoms with Crippen LogP contribution >= 0.6 is 0 Å². The highest BCUT2D eigenvalue weighted by atomic mass is 19.4. The average Bonchev–Trinajstić information content (AvgIpc) is 2.78. The molecule has 2 aliphatic rings. The third-order valence-corrected chi connectivity index (χ3v) is 4.62. The minimum Gasteiger partial charge on any atom is -0.316 e. The van der Waals surface area contributed by atoms with Gasteiger partial charge in [0.2, 0.25) is 0 Å². The van der Waals surface area contributed by atoms with Gasteiger partial charge < -0.3 is 4.90 Å². The number of carbonyl (C=O) groups excluding carboxylic acids is 1. The molecular formula is C17H12F3NO. The van der Waals surface area contributed by atoms with Gasteiger partial charge in [-0.1, -0.05) is 42.5 Å². The first kappa shape index (κ1) is 13.4. The van der Waals surface area contributed by atoms with Crippen molar-refractivity contribution in [3.63, 3.8) is 0 Å². The fourth-order valence-corrected chi connectivity index (χ4v) is 3.77. The van der Waals surface area contributed by atoms with E-state index in [2.05, 4.69) is 0 Å². The zero-order valence-corrected chi connectivity index (χ0v) is 11.5. The summed E-state index contributed by atoms with van der Waals surface area (Å²) in [6.45, 7) is 0.0734. The molecule has 2 aromatic carbocycles. The third-order valence-electron chi connectivity index (χ3n) is 4.62. The van der Waals surface area contributed by atoms with E-state index >= 15 is 0 Å². The van der Waals surface area contributed by atoms with Crippen LogP contribution in [0.25, 0.3) is 0 Å². The maximum absolute atomic E-state index is 14.2. The van der Waals surface area contributed by atoms with Gasteiger partial charge in [0.05, 0.1) is 0 Å². The first-order chi connectivity index (χ1) is 10.5. The molecule has 0 bridgehead atoms. The Morgan fingerprint density at radius 3 is 2.32 bits per heavy atom. The molecule has 4 rings (SSSR count). The molecule has 1 amide bonds. The van der Waals surface area contributed by atoms with E-state index in [9.17, 15) is 18.0 Å². The van der Waals surface area contributed by atoms with E-state index in [1.54, 1.807) is 30.3 Å². The molecular weight excluding hydrogens is 291 g/mol. The molecule has 2 nitrogen and oxygen atoms in total. The Labute approximate surface area is 125 Å². The molecule has 0 aromatic heterocycles. The molecule has 2 heterocycles. The number of benzene rings is 2. The molecule has 0 N–H and O–H groups in total. The number of rotatable bonds is 0. The second-order valence-corrected chi connectivity index (χ2v) is 5.62. The normalized spacial score (nSPS) is 23.0. The topological polar surface area (TPSA) is 20.3 Å². The summed E-state index contributed by atoms with van der Waals surface area (Å²) in [4.78, 5) is 13.5. The van der Waals surface area contributed by atoms with Crippen LogP contribution < -0.4 is 0 Å². The van der Waals surface area contributed by atoms with Gasteiger partial charge in [-0.25, -0.2) is 0 Å². The van der Waals surface area contributed by atoms with Gasteiger partial charge in [-0.05, 0) is 23.6 Å². The Bertz CT molecular complexity index is 783. The molecule has 2 aromatic rings. The summed E-state index contributed by atoms with van der Waals surface area (Å²) in [5, 5.41) is 0. The van der Waals surface area contributed by atoms with Crippen LogP contribution in [0.1, 0.15) is 27.0 Å². The van der Waals surface area contributed by atoms with Crippen molar-refractivity contribution in [1.82, 2.24) is 4.90 Å². The zero-order valence-electron chi connectivity index (χ0n) is 11.5. The lowest BCUT2D eigenvalue weighted by Gasteiger charge is -2.45. The summed E-state index contributed by atoms with van der Waals surface area (Å²) in [5.41, 5.74) is -1.33. The van der Waals surface area contributed by atoms with Crippen molar-refractivity contribution in [3.05, 3.63) is 70.8 Å². The molecule has 0 radical (unpaired) electrons. The largest absolute Gasteiger partial charge is 0.420 e. The van der Waals surface area contributed by atoms with Gasteiger partial charge >= 0.3 is 6.18 Å². The smallest absolute Gasteiger partial charge is 0.316 e. The van der Waals surface area contributed by atoms with Crippen LogP contribution in [-0.2, 0) is 12.0 Å². The van der Waals surface area contributed by atoms with Crippen LogP contribution in [0.2, 0.25) is 0 Å². The number of halogens is 3. The van der Waals surface area contributed by atoms with Crippen molar-refractivity contribution in [2.45, 2.75) is 18.1 Å². The van der Waals surface area contributed by atoms with Crippen molar-refractivity contribution in [2.24, 2.45) is 0 Å². The molecule has 0 saturated heterocycles.